The number of carbonyl (C=O) groups excluding carboxylic acids is 1. The van der Waals surface area contributed by atoms with Crippen molar-refractivity contribution in [3.05, 3.63) is 17.8 Å². The highest BCUT2D eigenvalue weighted by atomic mass is 16.3. The lowest BCUT2D eigenvalue weighted by Gasteiger charge is -2.41. The van der Waals surface area contributed by atoms with Gasteiger partial charge in [0, 0.05) is 13.6 Å². The molecule has 3 N–H and O–H groups in total. The maximum absolute atomic E-state index is 11.4. The number of hydrogen-bond donors (Lipinski definition) is 3. The van der Waals surface area contributed by atoms with Crippen LogP contribution in [0, 0.1) is 11.3 Å². The number of aromatic nitrogens is 2. The Balaban J connectivity index is 1.87. The second-order valence-corrected chi connectivity index (χ2v) is 7.60. The zero-order valence-electron chi connectivity index (χ0n) is 14.5. The first-order chi connectivity index (χ1) is 10.7. The Morgan fingerprint density at radius 2 is 1.96 bits per heavy atom. The highest BCUT2D eigenvalue weighted by Crippen LogP contribution is 2.41. The Morgan fingerprint density at radius 3 is 2.43 bits per heavy atom. The van der Waals surface area contributed by atoms with Crippen molar-refractivity contribution in [2.45, 2.75) is 52.1 Å². The standard InChI is InChI=1S/C17H28N4O2/c1-16(2,3)12-7-9-17(23,10-8-12)11-19-14-6-5-13(20-21-14)15(22)18-4/h5-6,12,23H,7-11H2,1-4H3,(H,18,22)(H,19,21). The zero-order chi connectivity index (χ0) is 17.1. The van der Waals surface area contributed by atoms with Crippen molar-refractivity contribution in [1.29, 1.82) is 0 Å². The quantitative estimate of drug-likeness (QED) is 0.792. The molecule has 2 rings (SSSR count). The summed E-state index contributed by atoms with van der Waals surface area (Å²) >= 11 is 0. The summed E-state index contributed by atoms with van der Waals surface area (Å²) < 4.78 is 0. The number of rotatable bonds is 4. The van der Waals surface area contributed by atoms with Crippen LogP contribution in [0.15, 0.2) is 12.1 Å². The van der Waals surface area contributed by atoms with E-state index in [4.69, 9.17) is 0 Å². The van der Waals surface area contributed by atoms with Gasteiger partial charge in [0.1, 0.15) is 5.82 Å². The normalized spacial score (nSPS) is 25.0. The van der Waals surface area contributed by atoms with Gasteiger partial charge < -0.3 is 15.7 Å². The van der Waals surface area contributed by atoms with Crippen molar-refractivity contribution >= 4 is 11.7 Å². The van der Waals surface area contributed by atoms with Crippen molar-refractivity contribution < 1.29 is 9.90 Å². The van der Waals surface area contributed by atoms with E-state index < -0.39 is 5.60 Å². The number of nitrogens with zero attached hydrogens (tertiary/aromatic N) is 2. The molecule has 1 amide bonds. The van der Waals surface area contributed by atoms with Gasteiger partial charge in [0.25, 0.3) is 5.91 Å². The lowest BCUT2D eigenvalue weighted by Crippen LogP contribution is -2.42. The lowest BCUT2D eigenvalue weighted by atomic mass is 9.68. The number of amides is 1. The molecule has 0 saturated heterocycles. The van der Waals surface area contributed by atoms with Crippen LogP contribution in [0.5, 0.6) is 0 Å². The van der Waals surface area contributed by atoms with Gasteiger partial charge in [-0.15, -0.1) is 10.2 Å². The van der Waals surface area contributed by atoms with Crippen LogP contribution in [-0.4, -0.2) is 40.4 Å². The molecular formula is C17H28N4O2. The molecule has 128 valence electrons. The maximum Gasteiger partial charge on any atom is 0.271 e. The van der Waals surface area contributed by atoms with Crippen molar-refractivity contribution in [2.24, 2.45) is 11.3 Å². The molecule has 0 unspecified atom stereocenters. The van der Waals surface area contributed by atoms with Crippen LogP contribution >= 0.6 is 0 Å². The third kappa shape index (κ3) is 4.64. The number of anilines is 1. The van der Waals surface area contributed by atoms with E-state index >= 15 is 0 Å². The molecule has 23 heavy (non-hydrogen) atoms. The van der Waals surface area contributed by atoms with Crippen LogP contribution in [0.25, 0.3) is 0 Å². The molecule has 1 aliphatic carbocycles. The number of nitrogens with one attached hydrogen (secondary N) is 2. The minimum Gasteiger partial charge on any atom is -0.388 e. The molecule has 0 radical (unpaired) electrons. The fraction of sp³-hybridized carbons (Fsp3) is 0.706. The first kappa shape index (κ1) is 17.7. The van der Waals surface area contributed by atoms with Crippen LogP contribution in [0.3, 0.4) is 0 Å². The van der Waals surface area contributed by atoms with E-state index in [2.05, 4.69) is 41.6 Å². The minimum absolute atomic E-state index is 0.261. The summed E-state index contributed by atoms with van der Waals surface area (Å²) in [5.41, 5.74) is -0.110. The van der Waals surface area contributed by atoms with Crippen LogP contribution in [0.1, 0.15) is 56.9 Å². The molecule has 0 bridgehead atoms. The second-order valence-electron chi connectivity index (χ2n) is 7.60. The van der Waals surface area contributed by atoms with Crippen LogP contribution in [-0.2, 0) is 0 Å². The third-order valence-corrected chi connectivity index (χ3v) is 4.86. The van der Waals surface area contributed by atoms with E-state index in [0.717, 1.165) is 25.7 Å². The minimum atomic E-state index is -0.692. The van der Waals surface area contributed by atoms with Crippen LogP contribution < -0.4 is 10.6 Å². The van der Waals surface area contributed by atoms with Gasteiger partial charge in [-0.05, 0) is 49.1 Å². The Kier molecular flexibility index (Phi) is 5.24. The summed E-state index contributed by atoms with van der Waals surface area (Å²) in [4.78, 5) is 11.4. The molecule has 1 saturated carbocycles. The van der Waals surface area contributed by atoms with Crippen LogP contribution in [0.2, 0.25) is 0 Å². The van der Waals surface area contributed by atoms with Gasteiger partial charge in [0.05, 0.1) is 5.60 Å². The molecule has 0 spiro atoms. The van der Waals surface area contributed by atoms with Crippen LogP contribution in [0.4, 0.5) is 5.82 Å². The predicted molar refractivity (Wildman–Crippen MR) is 90.3 cm³/mol. The average molecular weight is 320 g/mol. The Bertz CT molecular complexity index is 529. The summed E-state index contributed by atoms with van der Waals surface area (Å²) in [6, 6.07) is 3.33. The van der Waals surface area contributed by atoms with Gasteiger partial charge in [-0.1, -0.05) is 20.8 Å². The number of carbonyl (C=O) groups is 1. The second kappa shape index (κ2) is 6.83. The van der Waals surface area contributed by atoms with Crippen molar-refractivity contribution in [3.63, 3.8) is 0 Å². The average Bonchev–Trinajstić information content (AvgIpc) is 2.52. The molecule has 6 heteroatoms. The molecule has 1 aliphatic rings. The first-order valence-electron chi connectivity index (χ1n) is 8.26. The summed E-state index contributed by atoms with van der Waals surface area (Å²) in [7, 11) is 1.56. The molecule has 0 atom stereocenters. The molecular weight excluding hydrogens is 292 g/mol. The van der Waals surface area contributed by atoms with Gasteiger partial charge >= 0.3 is 0 Å². The zero-order valence-corrected chi connectivity index (χ0v) is 14.5. The van der Waals surface area contributed by atoms with E-state index in [0.29, 0.717) is 23.7 Å². The van der Waals surface area contributed by atoms with Crippen molar-refractivity contribution in [2.75, 3.05) is 18.9 Å². The molecule has 1 aromatic rings. The molecule has 1 heterocycles. The summed E-state index contributed by atoms with van der Waals surface area (Å²) in [6.07, 6.45) is 3.68. The fourth-order valence-corrected chi connectivity index (χ4v) is 3.13. The largest absolute Gasteiger partial charge is 0.388 e. The topological polar surface area (TPSA) is 87.1 Å². The summed E-state index contributed by atoms with van der Waals surface area (Å²) in [5.74, 6) is 0.974. The fourth-order valence-electron chi connectivity index (χ4n) is 3.13. The van der Waals surface area contributed by atoms with E-state index in [1.807, 2.05) is 0 Å². The Hall–Kier alpha value is -1.69. The van der Waals surface area contributed by atoms with Gasteiger partial charge in [0.2, 0.25) is 0 Å². The molecule has 0 aromatic carbocycles. The van der Waals surface area contributed by atoms with E-state index in [9.17, 15) is 9.90 Å². The van der Waals surface area contributed by atoms with Gasteiger partial charge in [-0.3, -0.25) is 4.79 Å². The van der Waals surface area contributed by atoms with Gasteiger partial charge in [-0.25, -0.2) is 0 Å². The van der Waals surface area contributed by atoms with E-state index in [1.165, 1.54) is 0 Å². The van der Waals surface area contributed by atoms with E-state index in [1.54, 1.807) is 19.2 Å². The number of hydrogen-bond acceptors (Lipinski definition) is 5. The van der Waals surface area contributed by atoms with Crippen molar-refractivity contribution in [3.8, 4) is 0 Å². The molecule has 1 fully saturated rings. The predicted octanol–water partition coefficient (Wildman–Crippen LogP) is 2.22. The Morgan fingerprint density at radius 1 is 1.30 bits per heavy atom. The smallest absolute Gasteiger partial charge is 0.271 e. The molecule has 1 aromatic heterocycles. The highest BCUT2D eigenvalue weighted by molar-refractivity contribution is 5.91. The third-order valence-electron chi connectivity index (χ3n) is 4.86. The van der Waals surface area contributed by atoms with E-state index in [-0.39, 0.29) is 11.6 Å². The van der Waals surface area contributed by atoms with Crippen molar-refractivity contribution in [1.82, 2.24) is 15.5 Å². The summed E-state index contributed by atoms with van der Waals surface area (Å²) in [5, 5.41) is 24.2. The number of aliphatic hydroxyl groups is 1. The lowest BCUT2D eigenvalue weighted by molar-refractivity contribution is -0.0144. The molecule has 6 nitrogen and oxygen atoms in total. The summed E-state index contributed by atoms with van der Waals surface area (Å²) in [6.45, 7) is 7.26. The molecule has 0 aliphatic heterocycles. The SMILES string of the molecule is CNC(=O)c1ccc(NCC2(O)CCC(C(C)(C)C)CC2)nn1. The monoisotopic (exact) mass is 320 g/mol. The maximum atomic E-state index is 11.4. The Labute approximate surface area is 138 Å². The first-order valence-corrected chi connectivity index (χ1v) is 8.26. The highest BCUT2D eigenvalue weighted by Gasteiger charge is 2.37. The van der Waals surface area contributed by atoms with Gasteiger partial charge in [0.15, 0.2) is 5.69 Å². The van der Waals surface area contributed by atoms with Gasteiger partial charge in [-0.2, -0.15) is 0 Å².